The monoisotopic (exact) mass is 265 g/mol. The normalized spacial score (nSPS) is 12.2. The molecular weight excluding hydrogens is 242 g/mol. The van der Waals surface area contributed by atoms with Crippen molar-refractivity contribution in [1.82, 2.24) is 0 Å². The van der Waals surface area contributed by atoms with Crippen LogP contribution in [0.1, 0.15) is 31.4 Å². The number of hydrogen-bond acceptors (Lipinski definition) is 1. The van der Waals surface area contributed by atoms with Crippen molar-refractivity contribution in [2.75, 3.05) is 11.9 Å². The molecule has 0 heterocycles. The minimum atomic E-state index is 1.16. The zero-order valence-electron chi connectivity index (χ0n) is 12.6. The van der Waals surface area contributed by atoms with Gasteiger partial charge in [-0.2, -0.15) is 0 Å². The SMILES string of the molecule is CC.CN(c1ccccc1)c1cccc2c1C=CCC2. The summed E-state index contributed by atoms with van der Waals surface area (Å²) >= 11 is 0. The zero-order chi connectivity index (χ0) is 14.4. The van der Waals surface area contributed by atoms with Crippen LogP contribution in [0, 0.1) is 0 Å². The van der Waals surface area contributed by atoms with E-state index in [0.717, 1.165) is 12.8 Å². The lowest BCUT2D eigenvalue weighted by molar-refractivity contribution is 0.982. The molecule has 0 aromatic heterocycles. The Morgan fingerprint density at radius 1 is 0.900 bits per heavy atom. The van der Waals surface area contributed by atoms with Crippen molar-refractivity contribution < 1.29 is 0 Å². The predicted molar refractivity (Wildman–Crippen MR) is 89.7 cm³/mol. The van der Waals surface area contributed by atoms with Crippen LogP contribution in [0.4, 0.5) is 11.4 Å². The first kappa shape index (κ1) is 14.4. The van der Waals surface area contributed by atoms with Crippen LogP contribution in [-0.2, 0) is 6.42 Å². The van der Waals surface area contributed by atoms with Gasteiger partial charge in [-0.3, -0.25) is 0 Å². The van der Waals surface area contributed by atoms with Crippen LogP contribution < -0.4 is 4.90 Å². The number of hydrogen-bond donors (Lipinski definition) is 0. The van der Waals surface area contributed by atoms with E-state index < -0.39 is 0 Å². The molecule has 0 spiro atoms. The minimum absolute atomic E-state index is 1.16. The first-order valence-electron chi connectivity index (χ1n) is 7.43. The molecule has 0 fully saturated rings. The van der Waals surface area contributed by atoms with Gasteiger partial charge >= 0.3 is 0 Å². The Balaban J connectivity index is 0.000000704. The summed E-state index contributed by atoms with van der Waals surface area (Å²) in [5.41, 5.74) is 5.34. The smallest absolute Gasteiger partial charge is 0.0484 e. The Hall–Kier alpha value is -2.02. The van der Waals surface area contributed by atoms with Crippen molar-refractivity contribution >= 4 is 17.5 Å². The molecule has 20 heavy (non-hydrogen) atoms. The summed E-state index contributed by atoms with van der Waals surface area (Å²) in [5, 5.41) is 0. The van der Waals surface area contributed by atoms with E-state index in [2.05, 4.69) is 72.6 Å². The van der Waals surface area contributed by atoms with Crippen LogP contribution in [0.25, 0.3) is 6.08 Å². The third-order valence-electron chi connectivity index (χ3n) is 3.54. The molecule has 1 aliphatic carbocycles. The van der Waals surface area contributed by atoms with Crippen LogP contribution in [-0.4, -0.2) is 7.05 Å². The van der Waals surface area contributed by atoms with Crippen LogP contribution in [0.15, 0.2) is 54.6 Å². The summed E-state index contributed by atoms with van der Waals surface area (Å²) < 4.78 is 0. The van der Waals surface area contributed by atoms with Gasteiger partial charge in [-0.25, -0.2) is 0 Å². The first-order chi connectivity index (χ1) is 9.86. The zero-order valence-corrected chi connectivity index (χ0v) is 12.6. The maximum atomic E-state index is 2.27. The molecule has 104 valence electrons. The molecule has 0 saturated heterocycles. The number of nitrogens with zero attached hydrogens (tertiary/aromatic N) is 1. The van der Waals surface area contributed by atoms with Gasteiger partial charge in [0, 0.05) is 24.0 Å². The number of benzene rings is 2. The second kappa shape index (κ2) is 6.95. The Kier molecular flexibility index (Phi) is 5.00. The molecule has 0 aliphatic heterocycles. The summed E-state index contributed by atoms with van der Waals surface area (Å²) in [5.74, 6) is 0. The number of fused-ring (bicyclic) bond motifs is 1. The molecule has 0 bridgehead atoms. The average Bonchev–Trinajstić information content (AvgIpc) is 2.56. The number of para-hydroxylation sites is 1. The molecule has 0 radical (unpaired) electrons. The largest absolute Gasteiger partial charge is 0.344 e. The van der Waals surface area contributed by atoms with Crippen molar-refractivity contribution in [2.24, 2.45) is 0 Å². The average molecular weight is 265 g/mol. The van der Waals surface area contributed by atoms with E-state index in [-0.39, 0.29) is 0 Å². The molecule has 1 aliphatic rings. The highest BCUT2D eigenvalue weighted by atomic mass is 15.1. The van der Waals surface area contributed by atoms with Gasteiger partial charge < -0.3 is 4.90 Å². The summed E-state index contributed by atoms with van der Waals surface area (Å²) in [6.45, 7) is 4.00. The highest BCUT2D eigenvalue weighted by Crippen LogP contribution is 2.32. The van der Waals surface area contributed by atoms with Gasteiger partial charge in [0.15, 0.2) is 0 Å². The Bertz CT molecular complexity index is 570. The number of anilines is 2. The second-order valence-electron chi connectivity index (χ2n) is 4.69. The molecular formula is C19H23N. The molecule has 1 nitrogen and oxygen atoms in total. The standard InChI is InChI=1S/C17H17N.C2H6/c1-18(15-10-3-2-4-11-15)17-13-7-9-14-8-5-6-12-16(14)17;1-2/h2-4,6-7,9-13H,5,8H2,1H3;1-2H3. The van der Waals surface area contributed by atoms with Gasteiger partial charge in [0.2, 0.25) is 0 Å². The molecule has 0 atom stereocenters. The van der Waals surface area contributed by atoms with Crippen molar-refractivity contribution in [3.05, 3.63) is 65.7 Å². The van der Waals surface area contributed by atoms with Gasteiger partial charge in [0.25, 0.3) is 0 Å². The summed E-state index contributed by atoms with van der Waals surface area (Å²) in [6, 6.07) is 17.1. The maximum absolute atomic E-state index is 2.27. The van der Waals surface area contributed by atoms with E-state index >= 15 is 0 Å². The summed E-state index contributed by atoms with van der Waals surface area (Å²) in [7, 11) is 2.13. The van der Waals surface area contributed by atoms with Crippen molar-refractivity contribution in [2.45, 2.75) is 26.7 Å². The van der Waals surface area contributed by atoms with Crippen LogP contribution in [0.3, 0.4) is 0 Å². The van der Waals surface area contributed by atoms with E-state index in [1.807, 2.05) is 13.8 Å². The molecule has 1 heteroatoms. The van der Waals surface area contributed by atoms with Crippen LogP contribution >= 0.6 is 0 Å². The number of allylic oxidation sites excluding steroid dienone is 1. The number of rotatable bonds is 2. The van der Waals surface area contributed by atoms with Crippen LogP contribution in [0.5, 0.6) is 0 Å². The maximum Gasteiger partial charge on any atom is 0.0484 e. The molecule has 0 saturated carbocycles. The molecule has 0 unspecified atom stereocenters. The highest BCUT2D eigenvalue weighted by molar-refractivity contribution is 5.76. The van der Waals surface area contributed by atoms with Crippen molar-refractivity contribution in [3.63, 3.8) is 0 Å². The lowest BCUT2D eigenvalue weighted by Crippen LogP contribution is -2.12. The molecule has 2 aromatic carbocycles. The van der Waals surface area contributed by atoms with Crippen LogP contribution in [0.2, 0.25) is 0 Å². The first-order valence-corrected chi connectivity index (χ1v) is 7.43. The van der Waals surface area contributed by atoms with E-state index in [1.165, 1.54) is 22.5 Å². The van der Waals surface area contributed by atoms with E-state index in [4.69, 9.17) is 0 Å². The fourth-order valence-corrected chi connectivity index (χ4v) is 2.53. The van der Waals surface area contributed by atoms with Gasteiger partial charge in [-0.05, 0) is 36.6 Å². The van der Waals surface area contributed by atoms with Gasteiger partial charge in [0.05, 0.1) is 0 Å². The van der Waals surface area contributed by atoms with E-state index in [1.54, 1.807) is 0 Å². The lowest BCUT2D eigenvalue weighted by Gasteiger charge is -2.24. The highest BCUT2D eigenvalue weighted by Gasteiger charge is 2.12. The third kappa shape index (κ3) is 2.93. The molecule has 3 rings (SSSR count). The fraction of sp³-hybridized carbons (Fsp3) is 0.263. The topological polar surface area (TPSA) is 3.24 Å². The Labute approximate surface area is 122 Å². The van der Waals surface area contributed by atoms with Crippen molar-refractivity contribution in [1.29, 1.82) is 0 Å². The van der Waals surface area contributed by atoms with Gasteiger partial charge in [-0.1, -0.05) is 56.3 Å². The second-order valence-corrected chi connectivity index (χ2v) is 4.69. The molecule has 2 aromatic rings. The van der Waals surface area contributed by atoms with Gasteiger partial charge in [-0.15, -0.1) is 0 Å². The van der Waals surface area contributed by atoms with E-state index in [0.29, 0.717) is 0 Å². The molecule has 0 amide bonds. The summed E-state index contributed by atoms with van der Waals surface area (Å²) in [6.07, 6.45) is 6.84. The number of aryl methyl sites for hydroxylation is 1. The Morgan fingerprint density at radius 2 is 1.65 bits per heavy atom. The van der Waals surface area contributed by atoms with E-state index in [9.17, 15) is 0 Å². The predicted octanol–water partition coefficient (Wildman–Crippen LogP) is 5.44. The van der Waals surface area contributed by atoms with Gasteiger partial charge in [0.1, 0.15) is 0 Å². The Morgan fingerprint density at radius 3 is 2.40 bits per heavy atom. The fourth-order valence-electron chi connectivity index (χ4n) is 2.53. The molecule has 0 N–H and O–H groups in total. The minimum Gasteiger partial charge on any atom is -0.344 e. The van der Waals surface area contributed by atoms with Crippen molar-refractivity contribution in [3.8, 4) is 0 Å². The quantitative estimate of drug-likeness (QED) is 0.699. The lowest BCUT2D eigenvalue weighted by atomic mass is 9.95. The third-order valence-corrected chi connectivity index (χ3v) is 3.54. The summed E-state index contributed by atoms with van der Waals surface area (Å²) in [4.78, 5) is 2.26.